The van der Waals surface area contributed by atoms with Crippen LogP contribution in [0.5, 0.6) is 5.75 Å². The van der Waals surface area contributed by atoms with Crippen molar-refractivity contribution in [3.63, 3.8) is 0 Å². The van der Waals surface area contributed by atoms with Gasteiger partial charge in [-0.1, -0.05) is 43.0 Å². The van der Waals surface area contributed by atoms with E-state index in [1.165, 1.54) is 38.2 Å². The normalized spacial score (nSPS) is 18.0. The Morgan fingerprint density at radius 3 is 2.61 bits per heavy atom. The van der Waals surface area contributed by atoms with Crippen molar-refractivity contribution in [3.05, 3.63) is 87.8 Å². The van der Waals surface area contributed by atoms with Gasteiger partial charge in [0.2, 0.25) is 0 Å². The molecule has 2 aliphatic rings. The van der Waals surface area contributed by atoms with Crippen molar-refractivity contribution < 1.29 is 13.9 Å². The van der Waals surface area contributed by atoms with Crippen LogP contribution >= 0.6 is 11.6 Å². The number of hydrogen-bond acceptors (Lipinski definition) is 7. The predicted octanol–water partition coefficient (Wildman–Crippen LogP) is 6.53. The fourth-order valence-electron chi connectivity index (χ4n) is 7.50. The number of fused-ring (bicyclic) bond motifs is 1. The Kier molecular flexibility index (Phi) is 10.4. The Balaban J connectivity index is 1.14. The highest BCUT2D eigenvalue weighted by atomic mass is 35.5. The van der Waals surface area contributed by atoms with Crippen LogP contribution in [-0.4, -0.2) is 57.9 Å². The number of amides is 1. The van der Waals surface area contributed by atoms with Crippen LogP contribution in [0.15, 0.2) is 70.4 Å². The van der Waals surface area contributed by atoms with Gasteiger partial charge in [-0.25, -0.2) is 4.98 Å². The predicted molar refractivity (Wildman–Crippen MR) is 179 cm³/mol. The van der Waals surface area contributed by atoms with Crippen LogP contribution in [0.3, 0.4) is 0 Å². The molecule has 0 radical (unpaired) electrons. The molecule has 1 atom stereocenters. The molecule has 0 spiro atoms. The molecule has 1 amide bonds. The summed E-state index contributed by atoms with van der Waals surface area (Å²) in [6.45, 7) is 6.23. The minimum absolute atomic E-state index is 0.00566. The van der Waals surface area contributed by atoms with Crippen LogP contribution in [0.25, 0.3) is 11.0 Å². The van der Waals surface area contributed by atoms with E-state index in [1.807, 2.05) is 42.2 Å². The summed E-state index contributed by atoms with van der Waals surface area (Å²) in [5.74, 6) is 0.933. The van der Waals surface area contributed by atoms with Crippen molar-refractivity contribution in [2.75, 3.05) is 26.2 Å². The Labute approximate surface area is 275 Å². The summed E-state index contributed by atoms with van der Waals surface area (Å²) < 4.78 is 13.5. The number of aromatic nitrogens is 3. The van der Waals surface area contributed by atoms with Crippen molar-refractivity contribution in [2.24, 2.45) is 11.3 Å². The Morgan fingerprint density at radius 1 is 1.11 bits per heavy atom. The van der Waals surface area contributed by atoms with Gasteiger partial charge in [0.15, 0.2) is 11.2 Å². The van der Waals surface area contributed by atoms with Crippen LogP contribution < -0.4 is 15.5 Å². The second kappa shape index (κ2) is 14.8. The van der Waals surface area contributed by atoms with E-state index >= 15 is 0 Å². The number of ether oxygens (including phenoxy) is 1. The van der Waals surface area contributed by atoms with Gasteiger partial charge in [-0.3, -0.25) is 14.3 Å². The lowest BCUT2D eigenvalue weighted by atomic mass is 9.63. The molecule has 1 saturated carbocycles. The van der Waals surface area contributed by atoms with Crippen LogP contribution in [0.4, 0.5) is 0 Å². The van der Waals surface area contributed by atoms with E-state index < -0.39 is 5.91 Å². The largest absolute Gasteiger partial charge is 0.494 e. The number of nitrogens with one attached hydrogen (secondary N) is 1. The second-order valence-electron chi connectivity index (χ2n) is 13.0. The fraction of sp³-hybridized carbons (Fsp3) is 0.500. The molecule has 3 heterocycles. The zero-order chi connectivity index (χ0) is 31.9. The van der Waals surface area contributed by atoms with Gasteiger partial charge in [-0.2, -0.15) is 5.10 Å². The molecule has 1 saturated heterocycles. The van der Waals surface area contributed by atoms with E-state index in [0.717, 1.165) is 56.9 Å². The van der Waals surface area contributed by atoms with E-state index in [-0.39, 0.29) is 22.6 Å². The van der Waals surface area contributed by atoms with Gasteiger partial charge in [0.05, 0.1) is 12.0 Å². The van der Waals surface area contributed by atoms with Crippen molar-refractivity contribution in [2.45, 2.75) is 77.3 Å². The Hall–Kier alpha value is -3.69. The molecule has 1 aliphatic carbocycles. The van der Waals surface area contributed by atoms with Gasteiger partial charge < -0.3 is 19.4 Å². The van der Waals surface area contributed by atoms with Crippen molar-refractivity contribution in [1.82, 2.24) is 25.0 Å². The molecule has 4 aromatic rings. The standard InChI is InChI=1S/C36H44ClN5O4/c1-2-45-30-12-13-33-31(21-30)32(43)22-34(46-33)35(44)40-29(20-26-8-10-28(37)11-9-26)14-17-41-18-15-36(16-19-41,23-42-25-38-24-39-42)27-6-4-3-5-7-27/h8-13,21-22,24-25,27,29H,2-7,14-20,23H2,1H3,(H,40,44)/t29-/m1/s1. The lowest BCUT2D eigenvalue weighted by Gasteiger charge is -2.48. The Morgan fingerprint density at radius 2 is 1.89 bits per heavy atom. The molecule has 9 nitrogen and oxygen atoms in total. The van der Waals surface area contributed by atoms with E-state index in [9.17, 15) is 9.59 Å². The third-order valence-electron chi connectivity index (χ3n) is 10.0. The van der Waals surface area contributed by atoms with Gasteiger partial charge >= 0.3 is 0 Å². The molecule has 10 heteroatoms. The molecule has 1 aliphatic heterocycles. The average Bonchev–Trinajstić information content (AvgIpc) is 3.59. The van der Waals surface area contributed by atoms with Gasteiger partial charge in [-0.05, 0) is 106 Å². The van der Waals surface area contributed by atoms with E-state index in [2.05, 4.69) is 20.3 Å². The van der Waals surface area contributed by atoms with Crippen LogP contribution in [0.2, 0.25) is 5.02 Å². The average molecular weight is 646 g/mol. The number of benzene rings is 2. The molecule has 2 aromatic heterocycles. The number of hydrogen-bond donors (Lipinski definition) is 1. The van der Waals surface area contributed by atoms with Gasteiger partial charge in [0, 0.05) is 30.2 Å². The van der Waals surface area contributed by atoms with Crippen LogP contribution in [-0.2, 0) is 13.0 Å². The summed E-state index contributed by atoms with van der Waals surface area (Å²) in [5.41, 5.74) is 1.42. The molecule has 6 rings (SSSR count). The first-order valence-corrected chi connectivity index (χ1v) is 17.1. The molecule has 46 heavy (non-hydrogen) atoms. The van der Waals surface area contributed by atoms with Crippen LogP contribution in [0, 0.1) is 11.3 Å². The second-order valence-corrected chi connectivity index (χ2v) is 13.4. The first-order chi connectivity index (χ1) is 22.4. The Bertz CT molecular complexity index is 1640. The minimum Gasteiger partial charge on any atom is -0.494 e. The summed E-state index contributed by atoms with van der Waals surface area (Å²) in [7, 11) is 0. The third-order valence-corrected chi connectivity index (χ3v) is 10.3. The highest BCUT2D eigenvalue weighted by molar-refractivity contribution is 6.30. The van der Waals surface area contributed by atoms with E-state index in [1.54, 1.807) is 24.5 Å². The maximum atomic E-state index is 13.5. The first-order valence-electron chi connectivity index (χ1n) is 16.7. The quantitative estimate of drug-likeness (QED) is 0.187. The van der Waals surface area contributed by atoms with E-state index in [0.29, 0.717) is 34.8 Å². The van der Waals surface area contributed by atoms with Crippen molar-refractivity contribution >= 4 is 28.5 Å². The number of carbonyl (C=O) groups is 1. The fourth-order valence-corrected chi connectivity index (χ4v) is 7.62. The van der Waals surface area contributed by atoms with Crippen molar-refractivity contribution in [3.8, 4) is 5.75 Å². The summed E-state index contributed by atoms with van der Waals surface area (Å²) in [6, 6.07) is 13.9. The van der Waals surface area contributed by atoms with Crippen molar-refractivity contribution in [1.29, 1.82) is 0 Å². The van der Waals surface area contributed by atoms with Gasteiger partial charge in [-0.15, -0.1) is 0 Å². The maximum Gasteiger partial charge on any atom is 0.287 e. The number of halogens is 1. The number of carbonyl (C=O) groups excluding carboxylic acids is 1. The van der Waals surface area contributed by atoms with Gasteiger partial charge in [0.25, 0.3) is 5.91 Å². The van der Waals surface area contributed by atoms with Gasteiger partial charge in [0.1, 0.15) is 24.0 Å². The molecule has 2 aromatic carbocycles. The topological polar surface area (TPSA) is 102 Å². The molecular weight excluding hydrogens is 602 g/mol. The maximum absolute atomic E-state index is 13.5. The zero-order valence-corrected chi connectivity index (χ0v) is 27.4. The minimum atomic E-state index is -0.394. The summed E-state index contributed by atoms with van der Waals surface area (Å²) >= 11 is 6.15. The lowest BCUT2D eigenvalue weighted by molar-refractivity contribution is 0.0104. The smallest absolute Gasteiger partial charge is 0.287 e. The molecule has 244 valence electrons. The molecule has 0 bridgehead atoms. The number of nitrogens with zero attached hydrogens (tertiary/aromatic N) is 4. The first kappa shape index (κ1) is 32.3. The molecular formula is C36H44ClN5O4. The molecule has 1 N–H and O–H groups in total. The number of rotatable bonds is 12. The number of likely N-dealkylation sites (tertiary alicyclic amines) is 1. The monoisotopic (exact) mass is 645 g/mol. The highest BCUT2D eigenvalue weighted by Crippen LogP contribution is 2.47. The molecule has 0 unspecified atom stereocenters. The lowest BCUT2D eigenvalue weighted by Crippen LogP contribution is -2.48. The number of piperidine rings is 1. The summed E-state index contributed by atoms with van der Waals surface area (Å²) in [6.07, 6.45) is 13.8. The molecule has 2 fully saturated rings. The zero-order valence-electron chi connectivity index (χ0n) is 26.6. The summed E-state index contributed by atoms with van der Waals surface area (Å²) in [4.78, 5) is 33.2. The van der Waals surface area contributed by atoms with Crippen LogP contribution in [0.1, 0.15) is 74.4 Å². The highest BCUT2D eigenvalue weighted by Gasteiger charge is 2.42. The SMILES string of the molecule is CCOc1ccc2oc(C(=O)N[C@H](CCN3CCC(Cn4cncn4)(C4CCCCC4)CC3)Cc3ccc(Cl)cc3)cc(=O)c2c1. The third kappa shape index (κ3) is 7.81. The summed E-state index contributed by atoms with van der Waals surface area (Å²) in [5, 5.41) is 8.72. The van der Waals surface area contributed by atoms with E-state index in [4.69, 9.17) is 20.8 Å².